The van der Waals surface area contributed by atoms with Gasteiger partial charge in [-0.3, -0.25) is 4.79 Å². The molecule has 7 heteroatoms. The van der Waals surface area contributed by atoms with E-state index >= 15 is 0 Å². The quantitative estimate of drug-likeness (QED) is 0.531. The Morgan fingerprint density at radius 2 is 1.77 bits per heavy atom. The average Bonchev–Trinajstić information content (AvgIpc) is 3.08. The summed E-state index contributed by atoms with van der Waals surface area (Å²) in [4.78, 5) is 12.3. The van der Waals surface area contributed by atoms with Crippen LogP contribution in [0.25, 0.3) is 0 Å². The summed E-state index contributed by atoms with van der Waals surface area (Å²) < 4.78 is 11.1. The van der Waals surface area contributed by atoms with E-state index in [2.05, 4.69) is 5.32 Å². The number of nitrogens with one attached hydrogen (secondary N) is 1. The van der Waals surface area contributed by atoms with Crippen molar-refractivity contribution in [1.82, 2.24) is 0 Å². The molecule has 134 valence electrons. The molecule has 1 heterocycles. The highest BCUT2D eigenvalue weighted by molar-refractivity contribution is 6.34. The number of amides is 1. The van der Waals surface area contributed by atoms with Crippen LogP contribution in [0, 0.1) is 6.92 Å². The molecule has 0 aliphatic carbocycles. The van der Waals surface area contributed by atoms with E-state index < -0.39 is 0 Å². The zero-order valence-electron chi connectivity index (χ0n) is 13.7. The number of halogens is 3. The zero-order valence-corrected chi connectivity index (χ0v) is 16.0. The summed E-state index contributed by atoms with van der Waals surface area (Å²) in [6.45, 7) is 1.99. The third-order valence-corrected chi connectivity index (χ3v) is 4.38. The first-order valence-corrected chi connectivity index (χ1v) is 8.80. The summed E-state index contributed by atoms with van der Waals surface area (Å²) in [5, 5.41) is 4.27. The predicted molar refractivity (Wildman–Crippen MR) is 104 cm³/mol. The van der Waals surface area contributed by atoms with Crippen molar-refractivity contribution in [2.45, 2.75) is 13.5 Å². The van der Waals surface area contributed by atoms with Crippen LogP contribution in [0.5, 0.6) is 5.75 Å². The van der Waals surface area contributed by atoms with Crippen LogP contribution >= 0.6 is 34.8 Å². The summed E-state index contributed by atoms with van der Waals surface area (Å²) >= 11 is 17.9. The third kappa shape index (κ3) is 4.52. The van der Waals surface area contributed by atoms with Crippen LogP contribution in [-0.2, 0) is 6.61 Å². The van der Waals surface area contributed by atoms with Gasteiger partial charge in [0.25, 0.3) is 5.91 Å². The van der Waals surface area contributed by atoms with Gasteiger partial charge in [0.05, 0.1) is 5.02 Å². The van der Waals surface area contributed by atoms with Crippen molar-refractivity contribution in [3.63, 3.8) is 0 Å². The smallest absolute Gasteiger partial charge is 0.291 e. The van der Waals surface area contributed by atoms with Gasteiger partial charge in [-0.05, 0) is 48.9 Å². The molecule has 0 unspecified atom stereocenters. The molecule has 0 aliphatic heterocycles. The van der Waals surface area contributed by atoms with E-state index in [1.807, 2.05) is 13.0 Å². The molecular weight excluding hydrogens is 397 g/mol. The van der Waals surface area contributed by atoms with Gasteiger partial charge in [0, 0.05) is 21.8 Å². The highest BCUT2D eigenvalue weighted by Crippen LogP contribution is 2.28. The van der Waals surface area contributed by atoms with Gasteiger partial charge in [-0.1, -0.05) is 40.9 Å². The van der Waals surface area contributed by atoms with Gasteiger partial charge < -0.3 is 14.5 Å². The molecule has 4 nitrogen and oxygen atoms in total. The van der Waals surface area contributed by atoms with Crippen LogP contribution in [0.2, 0.25) is 15.1 Å². The van der Waals surface area contributed by atoms with Gasteiger partial charge in [-0.2, -0.15) is 0 Å². The van der Waals surface area contributed by atoms with Gasteiger partial charge in [-0.15, -0.1) is 0 Å². The van der Waals surface area contributed by atoms with E-state index in [9.17, 15) is 4.79 Å². The molecule has 0 spiro atoms. The SMILES string of the molecule is Cc1ccc(Cl)cc1NC(=O)c1ccc(COc2cc(Cl)ccc2Cl)o1. The Labute approximate surface area is 165 Å². The minimum absolute atomic E-state index is 0.115. The Morgan fingerprint density at radius 1 is 1.04 bits per heavy atom. The summed E-state index contributed by atoms with van der Waals surface area (Å²) in [5.74, 6) is 0.715. The maximum absolute atomic E-state index is 12.3. The summed E-state index contributed by atoms with van der Waals surface area (Å²) in [5.41, 5.74) is 1.52. The first-order valence-electron chi connectivity index (χ1n) is 7.66. The lowest BCUT2D eigenvalue weighted by Crippen LogP contribution is -2.11. The third-order valence-electron chi connectivity index (χ3n) is 3.60. The second kappa shape index (κ2) is 8.04. The summed E-state index contributed by atoms with van der Waals surface area (Å²) in [6, 6.07) is 13.4. The van der Waals surface area contributed by atoms with Gasteiger partial charge in [0.1, 0.15) is 18.1 Å². The van der Waals surface area contributed by atoms with Crippen molar-refractivity contribution in [2.24, 2.45) is 0 Å². The molecule has 1 aromatic heterocycles. The van der Waals surface area contributed by atoms with E-state index in [0.29, 0.717) is 32.3 Å². The lowest BCUT2D eigenvalue weighted by molar-refractivity contribution is 0.0992. The fourth-order valence-electron chi connectivity index (χ4n) is 2.23. The molecule has 0 atom stereocenters. The van der Waals surface area contributed by atoms with Crippen molar-refractivity contribution in [1.29, 1.82) is 0 Å². The Hall–Kier alpha value is -2.14. The monoisotopic (exact) mass is 409 g/mol. The van der Waals surface area contributed by atoms with E-state index in [0.717, 1.165) is 5.56 Å². The van der Waals surface area contributed by atoms with Gasteiger partial charge in [-0.25, -0.2) is 0 Å². The molecule has 0 bridgehead atoms. The van der Waals surface area contributed by atoms with E-state index in [-0.39, 0.29) is 18.3 Å². The topological polar surface area (TPSA) is 51.5 Å². The molecule has 0 saturated heterocycles. The lowest BCUT2D eigenvalue weighted by Gasteiger charge is -2.08. The molecule has 0 fully saturated rings. The standard InChI is InChI=1S/C19H14Cl3NO3/c1-11-2-3-12(20)8-16(11)23-19(24)17-7-5-14(26-17)10-25-18-9-13(21)4-6-15(18)22/h2-9H,10H2,1H3,(H,23,24). The number of aryl methyl sites for hydroxylation is 1. The second-order valence-corrected chi connectivity index (χ2v) is 6.82. The van der Waals surface area contributed by atoms with Crippen LogP contribution in [-0.4, -0.2) is 5.91 Å². The average molecular weight is 411 g/mol. The molecule has 1 N–H and O–H groups in total. The van der Waals surface area contributed by atoms with Crippen LogP contribution in [0.3, 0.4) is 0 Å². The van der Waals surface area contributed by atoms with E-state index in [1.54, 1.807) is 42.5 Å². The van der Waals surface area contributed by atoms with Crippen molar-refractivity contribution in [2.75, 3.05) is 5.32 Å². The number of hydrogen-bond donors (Lipinski definition) is 1. The molecule has 3 aromatic rings. The van der Waals surface area contributed by atoms with Crippen LogP contribution in [0.1, 0.15) is 21.9 Å². The number of hydrogen-bond acceptors (Lipinski definition) is 3. The minimum atomic E-state index is -0.373. The molecule has 0 saturated carbocycles. The van der Waals surface area contributed by atoms with Crippen molar-refractivity contribution < 1.29 is 13.9 Å². The van der Waals surface area contributed by atoms with Crippen LogP contribution in [0.4, 0.5) is 5.69 Å². The van der Waals surface area contributed by atoms with Crippen LogP contribution < -0.4 is 10.1 Å². The zero-order chi connectivity index (χ0) is 18.7. The summed E-state index contributed by atoms with van der Waals surface area (Å²) in [7, 11) is 0. The number of rotatable bonds is 5. The van der Waals surface area contributed by atoms with Crippen molar-refractivity contribution in [3.8, 4) is 5.75 Å². The first-order chi connectivity index (χ1) is 12.4. The Morgan fingerprint density at radius 3 is 2.58 bits per heavy atom. The van der Waals surface area contributed by atoms with E-state index in [1.165, 1.54) is 0 Å². The Kier molecular flexibility index (Phi) is 5.77. The molecule has 1 amide bonds. The fraction of sp³-hybridized carbons (Fsp3) is 0.105. The highest BCUT2D eigenvalue weighted by atomic mass is 35.5. The van der Waals surface area contributed by atoms with Crippen molar-refractivity contribution in [3.05, 3.63) is 80.7 Å². The minimum Gasteiger partial charge on any atom is -0.484 e. The van der Waals surface area contributed by atoms with Gasteiger partial charge >= 0.3 is 0 Å². The number of ether oxygens (including phenoxy) is 1. The summed E-state index contributed by atoms with van der Waals surface area (Å²) in [6.07, 6.45) is 0. The molecule has 3 rings (SSSR count). The Balaban J connectivity index is 1.66. The number of benzene rings is 2. The maximum Gasteiger partial charge on any atom is 0.291 e. The molecule has 26 heavy (non-hydrogen) atoms. The molecule has 2 aromatic carbocycles. The number of furan rings is 1. The molecule has 0 radical (unpaired) electrons. The molecular formula is C19H14Cl3NO3. The van der Waals surface area contributed by atoms with E-state index in [4.69, 9.17) is 44.0 Å². The Bertz CT molecular complexity index is 953. The fourth-order valence-corrected chi connectivity index (χ4v) is 2.73. The van der Waals surface area contributed by atoms with Gasteiger partial charge in [0.15, 0.2) is 5.76 Å². The largest absolute Gasteiger partial charge is 0.484 e. The highest BCUT2D eigenvalue weighted by Gasteiger charge is 2.14. The lowest BCUT2D eigenvalue weighted by atomic mass is 10.2. The number of carbonyl (C=O) groups excluding carboxylic acids is 1. The normalized spacial score (nSPS) is 10.6. The predicted octanol–water partition coefficient (Wildman–Crippen LogP) is 6.38. The molecule has 0 aliphatic rings. The van der Waals surface area contributed by atoms with Gasteiger partial charge in [0.2, 0.25) is 0 Å². The number of carbonyl (C=O) groups is 1. The maximum atomic E-state index is 12.3. The first kappa shape index (κ1) is 18.6. The van der Waals surface area contributed by atoms with Crippen molar-refractivity contribution >= 4 is 46.4 Å². The number of anilines is 1. The second-order valence-electron chi connectivity index (χ2n) is 5.54. The van der Waals surface area contributed by atoms with Crippen LogP contribution in [0.15, 0.2) is 52.9 Å².